The van der Waals surface area contributed by atoms with Crippen molar-refractivity contribution < 1.29 is 14.0 Å². The van der Waals surface area contributed by atoms with Crippen molar-refractivity contribution in [3.05, 3.63) is 65.5 Å². The van der Waals surface area contributed by atoms with Crippen molar-refractivity contribution in [2.45, 2.75) is 30.4 Å². The number of thioether (sulfide) groups is 1. The van der Waals surface area contributed by atoms with Gasteiger partial charge in [0.2, 0.25) is 5.91 Å². The van der Waals surface area contributed by atoms with E-state index in [9.17, 15) is 14.0 Å². The van der Waals surface area contributed by atoms with Gasteiger partial charge in [-0.2, -0.15) is 0 Å². The second-order valence-electron chi connectivity index (χ2n) is 7.29. The van der Waals surface area contributed by atoms with Gasteiger partial charge in [0.15, 0.2) is 0 Å². The average molecular weight is 430 g/mol. The van der Waals surface area contributed by atoms with Crippen LogP contribution >= 0.6 is 11.8 Å². The number of imide groups is 1. The minimum absolute atomic E-state index is 0.0890. The van der Waals surface area contributed by atoms with Gasteiger partial charge in [-0.1, -0.05) is 30.3 Å². The Hall–Kier alpha value is -2.46. The molecule has 2 aliphatic heterocycles. The topological polar surface area (TPSA) is 85.5 Å². The zero-order valence-corrected chi connectivity index (χ0v) is 17.3. The zero-order valence-electron chi connectivity index (χ0n) is 16.5. The highest BCUT2D eigenvalue weighted by atomic mass is 32.2. The minimum atomic E-state index is -0.523. The van der Waals surface area contributed by atoms with Crippen molar-refractivity contribution in [2.75, 3.05) is 12.8 Å². The fraction of sp³-hybridized carbons (Fsp3) is 0.333. The Kier molecular flexibility index (Phi) is 6.33. The molecule has 0 saturated carbocycles. The predicted molar refractivity (Wildman–Crippen MR) is 113 cm³/mol. The molecule has 2 saturated heterocycles. The highest BCUT2D eigenvalue weighted by Gasteiger charge is 2.44. The summed E-state index contributed by atoms with van der Waals surface area (Å²) in [5.74, 6) is -1.22. The van der Waals surface area contributed by atoms with Gasteiger partial charge in [0.05, 0.1) is 18.6 Å². The molecule has 0 aromatic heterocycles. The number of amides is 3. The van der Waals surface area contributed by atoms with Crippen molar-refractivity contribution in [1.82, 2.24) is 26.2 Å². The van der Waals surface area contributed by atoms with Gasteiger partial charge in [-0.25, -0.2) is 9.18 Å². The predicted octanol–water partition coefficient (Wildman–Crippen LogP) is 1.81. The molecule has 4 rings (SSSR count). The third kappa shape index (κ3) is 4.49. The lowest BCUT2D eigenvalue weighted by molar-refractivity contribution is -0.137. The van der Waals surface area contributed by atoms with Crippen LogP contribution in [0.3, 0.4) is 0 Å². The van der Waals surface area contributed by atoms with E-state index in [0.717, 1.165) is 10.5 Å². The van der Waals surface area contributed by atoms with Gasteiger partial charge >= 0.3 is 6.03 Å². The van der Waals surface area contributed by atoms with Crippen LogP contribution < -0.4 is 21.3 Å². The fourth-order valence-corrected chi connectivity index (χ4v) is 4.05. The van der Waals surface area contributed by atoms with Crippen LogP contribution in [-0.4, -0.2) is 42.1 Å². The van der Waals surface area contributed by atoms with Crippen molar-refractivity contribution in [3.63, 3.8) is 0 Å². The third-order valence-electron chi connectivity index (χ3n) is 5.35. The molecule has 2 fully saturated rings. The summed E-state index contributed by atoms with van der Waals surface area (Å²) in [5, 5.41) is 12.7. The van der Waals surface area contributed by atoms with E-state index in [0.29, 0.717) is 18.7 Å². The smallest absolute Gasteiger partial charge is 0.321 e. The zero-order chi connectivity index (χ0) is 21.1. The van der Waals surface area contributed by atoms with Gasteiger partial charge in [0.25, 0.3) is 0 Å². The lowest BCUT2D eigenvalue weighted by Crippen LogP contribution is -2.74. The standard InChI is InChI=1S/C21H24FN5O2S/c1-30-15-8-6-13(7-9-15)10-23-20-24-11-16-18(25-20)26-21(29)27(19(16)28)12-14-4-2-3-5-17(14)22/h2-9,16,18,20,23-25H,10-12H2,1H3,(H,26,29). The number of carbonyl (C=O) groups is 2. The van der Waals surface area contributed by atoms with Gasteiger partial charge in [-0.3, -0.25) is 25.6 Å². The molecule has 2 aromatic rings. The highest BCUT2D eigenvalue weighted by Crippen LogP contribution is 2.20. The van der Waals surface area contributed by atoms with E-state index in [2.05, 4.69) is 45.5 Å². The van der Waals surface area contributed by atoms with Gasteiger partial charge in [0.1, 0.15) is 12.1 Å². The molecule has 3 amide bonds. The molecule has 2 aliphatic rings. The first kappa shape index (κ1) is 20.8. The number of hydrogen-bond donors (Lipinski definition) is 4. The highest BCUT2D eigenvalue weighted by molar-refractivity contribution is 7.98. The monoisotopic (exact) mass is 429 g/mol. The molecule has 3 atom stereocenters. The van der Waals surface area contributed by atoms with Crippen LogP contribution in [0.2, 0.25) is 0 Å². The van der Waals surface area contributed by atoms with Crippen LogP contribution in [0.15, 0.2) is 53.4 Å². The lowest BCUT2D eigenvalue weighted by atomic mass is 9.99. The summed E-state index contributed by atoms with van der Waals surface area (Å²) in [6, 6.07) is 13.9. The van der Waals surface area contributed by atoms with Gasteiger partial charge in [0, 0.05) is 23.5 Å². The molecule has 0 radical (unpaired) electrons. The normalized spacial score (nSPS) is 23.8. The van der Waals surface area contributed by atoms with E-state index in [4.69, 9.17) is 0 Å². The maximum atomic E-state index is 13.9. The van der Waals surface area contributed by atoms with E-state index in [1.807, 2.05) is 6.26 Å². The molecule has 30 heavy (non-hydrogen) atoms. The third-order valence-corrected chi connectivity index (χ3v) is 6.10. The summed E-state index contributed by atoms with van der Waals surface area (Å²) in [4.78, 5) is 27.7. The summed E-state index contributed by atoms with van der Waals surface area (Å²) in [6.45, 7) is 0.944. The number of hydrogen-bond acceptors (Lipinski definition) is 6. The molecule has 0 spiro atoms. The molecular weight excluding hydrogens is 405 g/mol. The quantitative estimate of drug-likeness (QED) is 0.524. The van der Waals surface area contributed by atoms with E-state index in [1.54, 1.807) is 30.0 Å². The van der Waals surface area contributed by atoms with Crippen molar-refractivity contribution in [3.8, 4) is 0 Å². The average Bonchev–Trinajstić information content (AvgIpc) is 2.76. The number of rotatable bonds is 6. The summed E-state index contributed by atoms with van der Waals surface area (Å²) in [5.41, 5.74) is 1.45. The number of nitrogens with one attached hydrogen (secondary N) is 4. The van der Waals surface area contributed by atoms with Crippen LogP contribution in [-0.2, 0) is 17.9 Å². The molecule has 9 heteroatoms. The van der Waals surface area contributed by atoms with Gasteiger partial charge < -0.3 is 5.32 Å². The van der Waals surface area contributed by atoms with E-state index >= 15 is 0 Å². The Morgan fingerprint density at radius 3 is 2.67 bits per heavy atom. The van der Waals surface area contributed by atoms with Crippen molar-refractivity contribution in [1.29, 1.82) is 0 Å². The van der Waals surface area contributed by atoms with E-state index < -0.39 is 23.9 Å². The van der Waals surface area contributed by atoms with Crippen LogP contribution in [0.4, 0.5) is 9.18 Å². The lowest BCUT2D eigenvalue weighted by Gasteiger charge is -2.43. The number of benzene rings is 2. The summed E-state index contributed by atoms with van der Waals surface area (Å²) in [7, 11) is 0. The maximum Gasteiger partial charge on any atom is 0.325 e. The molecule has 158 valence electrons. The molecule has 2 aromatic carbocycles. The SMILES string of the molecule is CSc1ccc(CNC2NCC3C(=O)N(Cc4ccccc4F)C(=O)NC3N2)cc1. The van der Waals surface area contributed by atoms with Crippen LogP contribution in [0.1, 0.15) is 11.1 Å². The Bertz CT molecular complexity index is 926. The fourth-order valence-electron chi connectivity index (χ4n) is 3.64. The largest absolute Gasteiger partial charge is 0.325 e. The Morgan fingerprint density at radius 1 is 1.17 bits per heavy atom. The van der Waals surface area contributed by atoms with Crippen molar-refractivity contribution in [2.24, 2.45) is 5.92 Å². The van der Waals surface area contributed by atoms with Gasteiger partial charge in [-0.15, -0.1) is 11.8 Å². The Morgan fingerprint density at radius 2 is 1.93 bits per heavy atom. The molecule has 7 nitrogen and oxygen atoms in total. The number of urea groups is 1. The second-order valence-corrected chi connectivity index (χ2v) is 8.17. The van der Waals surface area contributed by atoms with Crippen LogP contribution in [0.25, 0.3) is 0 Å². The molecule has 0 bridgehead atoms. The van der Waals surface area contributed by atoms with Crippen LogP contribution in [0.5, 0.6) is 0 Å². The maximum absolute atomic E-state index is 13.9. The van der Waals surface area contributed by atoms with E-state index in [-0.39, 0.29) is 18.7 Å². The van der Waals surface area contributed by atoms with E-state index in [1.165, 1.54) is 11.0 Å². The number of carbonyl (C=O) groups excluding carboxylic acids is 2. The first-order valence-electron chi connectivity index (χ1n) is 9.76. The van der Waals surface area contributed by atoms with Crippen LogP contribution in [0, 0.1) is 11.7 Å². The molecule has 2 heterocycles. The minimum Gasteiger partial charge on any atom is -0.321 e. The van der Waals surface area contributed by atoms with Crippen molar-refractivity contribution >= 4 is 23.7 Å². The molecule has 3 unspecified atom stereocenters. The van der Waals surface area contributed by atoms with Gasteiger partial charge in [-0.05, 0) is 30.0 Å². The summed E-state index contributed by atoms with van der Waals surface area (Å²) >= 11 is 1.70. The molecular formula is C21H24FN5O2S. The molecule has 0 aliphatic carbocycles. The summed E-state index contributed by atoms with van der Waals surface area (Å²) < 4.78 is 13.9. The Balaban J connectivity index is 1.35. The number of fused-ring (bicyclic) bond motifs is 1. The first-order valence-corrected chi connectivity index (χ1v) is 11.0. The Labute approximate surface area is 178 Å². The second kappa shape index (κ2) is 9.13. The number of halogens is 1. The first-order chi connectivity index (χ1) is 14.5. The molecule has 4 N–H and O–H groups in total. The summed E-state index contributed by atoms with van der Waals surface area (Å²) in [6.07, 6.45) is 1.30. The number of nitrogens with zero attached hydrogens (tertiary/aromatic N) is 1.